The molecule has 0 atom stereocenters. The van der Waals surface area contributed by atoms with Crippen molar-refractivity contribution in [1.82, 2.24) is 24.4 Å². The molecule has 0 aliphatic carbocycles. The predicted octanol–water partition coefficient (Wildman–Crippen LogP) is 6.79. The van der Waals surface area contributed by atoms with Gasteiger partial charge in [0, 0.05) is 53.6 Å². The van der Waals surface area contributed by atoms with E-state index in [0.717, 1.165) is 51.0 Å². The number of nitrogens with one attached hydrogen (secondary N) is 1. The smallest absolute Gasteiger partial charge is 0.227 e. The number of rotatable bonds is 8. The second-order valence-electron chi connectivity index (χ2n) is 9.37. The Morgan fingerprint density at radius 2 is 1.83 bits per heavy atom. The molecule has 0 aliphatic heterocycles. The summed E-state index contributed by atoms with van der Waals surface area (Å²) in [6.07, 6.45) is 3.88. The van der Waals surface area contributed by atoms with E-state index in [-0.39, 0.29) is 11.7 Å². The molecule has 8 heteroatoms. The molecule has 5 aromatic rings. The summed E-state index contributed by atoms with van der Waals surface area (Å²) in [4.78, 5) is 17.3. The van der Waals surface area contributed by atoms with Crippen LogP contribution in [0.15, 0.2) is 67.0 Å². The number of hydrogen-bond acceptors (Lipinski definition) is 6. The lowest BCUT2D eigenvalue weighted by Crippen LogP contribution is -2.17. The molecule has 0 bridgehead atoms. The van der Waals surface area contributed by atoms with Crippen molar-refractivity contribution in [2.24, 2.45) is 0 Å². The summed E-state index contributed by atoms with van der Waals surface area (Å²) in [5, 5.41) is 5.54. The van der Waals surface area contributed by atoms with Crippen molar-refractivity contribution in [3.63, 3.8) is 0 Å². The van der Waals surface area contributed by atoms with Gasteiger partial charge in [0.1, 0.15) is 5.82 Å². The number of nitrogens with zero attached hydrogens (tertiary/aromatic N) is 5. The molecule has 0 radical (unpaired) electrons. The largest absolute Gasteiger partial charge is 0.346 e. The van der Waals surface area contributed by atoms with E-state index >= 15 is 0 Å². The third-order valence-corrected chi connectivity index (χ3v) is 7.34. The van der Waals surface area contributed by atoms with Gasteiger partial charge in [0.25, 0.3) is 0 Å². The first kappa shape index (κ1) is 24.1. The van der Waals surface area contributed by atoms with Crippen LogP contribution in [0.1, 0.15) is 24.8 Å². The first-order chi connectivity index (χ1) is 17.4. The molecule has 3 heterocycles. The van der Waals surface area contributed by atoms with Crippen LogP contribution in [-0.4, -0.2) is 45.1 Å². The Kier molecular flexibility index (Phi) is 6.80. The molecule has 0 spiro atoms. The Morgan fingerprint density at radius 1 is 1.03 bits per heavy atom. The van der Waals surface area contributed by atoms with Crippen LogP contribution < -0.4 is 5.32 Å². The summed E-state index contributed by atoms with van der Waals surface area (Å²) in [5.41, 5.74) is 4.59. The van der Waals surface area contributed by atoms with E-state index in [1.54, 1.807) is 29.7 Å². The van der Waals surface area contributed by atoms with Crippen LogP contribution in [0.25, 0.3) is 32.7 Å². The summed E-state index contributed by atoms with van der Waals surface area (Å²) in [6, 6.07) is 16.8. The Bertz CT molecular complexity index is 1490. The van der Waals surface area contributed by atoms with Crippen molar-refractivity contribution >= 4 is 33.9 Å². The van der Waals surface area contributed by atoms with Gasteiger partial charge in [-0.2, -0.15) is 0 Å². The summed E-state index contributed by atoms with van der Waals surface area (Å²) in [5.74, 6) is 0.528. The number of hydrogen-bond donors (Lipinski definition) is 1. The second-order valence-corrected chi connectivity index (χ2v) is 10.4. The minimum absolute atomic E-state index is 0.266. The van der Waals surface area contributed by atoms with Crippen molar-refractivity contribution in [2.45, 2.75) is 26.3 Å². The second kappa shape index (κ2) is 10.2. The maximum absolute atomic E-state index is 13.5. The van der Waals surface area contributed by atoms with Gasteiger partial charge in [-0.05, 0) is 68.7 Å². The highest BCUT2D eigenvalue weighted by atomic mass is 32.1. The van der Waals surface area contributed by atoms with E-state index in [9.17, 15) is 4.39 Å². The van der Waals surface area contributed by atoms with Gasteiger partial charge in [0.2, 0.25) is 5.95 Å². The van der Waals surface area contributed by atoms with Gasteiger partial charge < -0.3 is 14.8 Å². The molecule has 0 fully saturated rings. The van der Waals surface area contributed by atoms with Gasteiger partial charge in [-0.25, -0.2) is 19.3 Å². The monoisotopic (exact) mass is 500 g/mol. The first-order valence-electron chi connectivity index (χ1n) is 12.0. The normalized spacial score (nSPS) is 11.6. The number of likely N-dealkylation sites (N-methyl/N-ethyl adjacent to an activating group) is 1. The molecule has 184 valence electrons. The minimum Gasteiger partial charge on any atom is -0.346 e. The Hall–Kier alpha value is -3.62. The zero-order chi connectivity index (χ0) is 25.2. The maximum atomic E-state index is 13.5. The van der Waals surface area contributed by atoms with E-state index in [2.05, 4.69) is 78.2 Å². The Labute approximate surface area is 214 Å². The lowest BCUT2D eigenvalue weighted by atomic mass is 10.1. The molecule has 0 saturated heterocycles. The van der Waals surface area contributed by atoms with Crippen molar-refractivity contribution < 1.29 is 4.39 Å². The molecule has 3 aromatic heterocycles. The number of benzene rings is 2. The lowest BCUT2D eigenvalue weighted by Gasteiger charge is -2.11. The highest BCUT2D eigenvalue weighted by Gasteiger charge is 2.18. The van der Waals surface area contributed by atoms with E-state index in [1.807, 2.05) is 6.07 Å². The van der Waals surface area contributed by atoms with Crippen LogP contribution in [-0.2, 0) is 6.54 Å². The van der Waals surface area contributed by atoms with Crippen LogP contribution in [0.2, 0.25) is 0 Å². The topological polar surface area (TPSA) is 58.9 Å². The zero-order valence-electron chi connectivity index (χ0n) is 20.9. The van der Waals surface area contributed by atoms with Crippen molar-refractivity contribution in [3.8, 4) is 21.8 Å². The molecule has 36 heavy (non-hydrogen) atoms. The lowest BCUT2D eigenvalue weighted by molar-refractivity contribution is 0.387. The number of halogens is 1. The standard InChI is InChI=1S/C28H29FN6S/c1-18(2)27-33-25(19-5-7-21(29)8-6-19)26(36-27)23-11-13-30-28(32-23)31-22-9-10-24-20(17-22)12-14-35(24)16-15-34(3)4/h5-14,17-18H,15-16H2,1-4H3,(H,30,31,32). The van der Waals surface area contributed by atoms with E-state index in [1.165, 1.54) is 17.6 Å². The van der Waals surface area contributed by atoms with Gasteiger partial charge in [0.15, 0.2) is 0 Å². The molecule has 0 aliphatic rings. The van der Waals surface area contributed by atoms with Crippen LogP contribution >= 0.6 is 11.3 Å². The zero-order valence-corrected chi connectivity index (χ0v) is 21.7. The third-order valence-electron chi connectivity index (χ3n) is 5.96. The molecule has 5 rings (SSSR count). The maximum Gasteiger partial charge on any atom is 0.227 e. The van der Waals surface area contributed by atoms with Crippen LogP contribution in [0, 0.1) is 5.82 Å². The van der Waals surface area contributed by atoms with Crippen molar-refractivity contribution in [2.75, 3.05) is 26.0 Å². The Balaban J connectivity index is 1.44. The SMILES string of the molecule is CC(C)c1nc(-c2ccc(F)cc2)c(-c2ccnc(Nc3ccc4c(ccn4CCN(C)C)c3)n2)s1. The van der Waals surface area contributed by atoms with Crippen molar-refractivity contribution in [1.29, 1.82) is 0 Å². The fraction of sp³-hybridized carbons (Fsp3) is 0.250. The van der Waals surface area contributed by atoms with Gasteiger partial charge in [-0.1, -0.05) is 13.8 Å². The number of aromatic nitrogens is 4. The van der Waals surface area contributed by atoms with Crippen LogP contribution in [0.5, 0.6) is 0 Å². The summed E-state index contributed by atoms with van der Waals surface area (Å²) < 4.78 is 15.8. The fourth-order valence-electron chi connectivity index (χ4n) is 4.02. The molecular formula is C28H29FN6S. The highest BCUT2D eigenvalue weighted by molar-refractivity contribution is 7.15. The predicted molar refractivity (Wildman–Crippen MR) is 146 cm³/mol. The van der Waals surface area contributed by atoms with Crippen LogP contribution in [0.4, 0.5) is 16.0 Å². The van der Waals surface area contributed by atoms with Crippen molar-refractivity contribution in [3.05, 3.63) is 77.8 Å². The number of thiazole rings is 1. The molecule has 2 aromatic carbocycles. The molecular weight excluding hydrogens is 471 g/mol. The molecule has 1 N–H and O–H groups in total. The van der Waals surface area contributed by atoms with E-state index in [4.69, 9.17) is 9.97 Å². The van der Waals surface area contributed by atoms with E-state index in [0.29, 0.717) is 5.95 Å². The molecule has 6 nitrogen and oxygen atoms in total. The molecule has 0 amide bonds. The van der Waals surface area contributed by atoms with Crippen LogP contribution in [0.3, 0.4) is 0 Å². The number of anilines is 2. The van der Waals surface area contributed by atoms with Gasteiger partial charge >= 0.3 is 0 Å². The molecule has 0 unspecified atom stereocenters. The van der Waals surface area contributed by atoms with Gasteiger partial charge in [-0.3, -0.25) is 0 Å². The molecule has 0 saturated carbocycles. The summed E-state index contributed by atoms with van der Waals surface area (Å²) >= 11 is 1.62. The van der Waals surface area contributed by atoms with Gasteiger partial charge in [-0.15, -0.1) is 11.3 Å². The summed E-state index contributed by atoms with van der Waals surface area (Å²) in [6.45, 7) is 6.17. The minimum atomic E-state index is -0.266. The number of fused-ring (bicyclic) bond motifs is 1. The van der Waals surface area contributed by atoms with E-state index < -0.39 is 0 Å². The average Bonchev–Trinajstić information content (AvgIpc) is 3.48. The van der Waals surface area contributed by atoms with Gasteiger partial charge in [0.05, 0.1) is 21.3 Å². The fourth-order valence-corrected chi connectivity index (χ4v) is 5.08. The third kappa shape index (κ3) is 5.15. The highest BCUT2D eigenvalue weighted by Crippen LogP contribution is 2.38. The quantitative estimate of drug-likeness (QED) is 0.254. The Morgan fingerprint density at radius 3 is 2.58 bits per heavy atom. The average molecular weight is 501 g/mol. The summed E-state index contributed by atoms with van der Waals surface area (Å²) in [7, 11) is 4.17. The first-order valence-corrected chi connectivity index (χ1v) is 12.8.